The molecule has 2 N–H and O–H groups in total. The molecule has 0 atom stereocenters. The van der Waals surface area contributed by atoms with Gasteiger partial charge in [-0.05, 0) is 43.2 Å². The van der Waals surface area contributed by atoms with Gasteiger partial charge in [0.25, 0.3) is 0 Å². The summed E-state index contributed by atoms with van der Waals surface area (Å²) in [7, 11) is 0. The second-order valence-corrected chi connectivity index (χ2v) is 5.94. The van der Waals surface area contributed by atoms with E-state index in [2.05, 4.69) is 15.0 Å². The fraction of sp³-hybridized carbons (Fsp3) is 0.294. The van der Waals surface area contributed by atoms with E-state index in [9.17, 15) is 4.39 Å². The van der Waals surface area contributed by atoms with E-state index in [1.807, 2.05) is 16.8 Å². The van der Waals surface area contributed by atoms with Crippen molar-refractivity contribution in [2.75, 3.05) is 18.0 Å². The first-order valence-electron chi connectivity index (χ1n) is 7.81. The number of rotatable bonds is 2. The number of nitrogens with zero attached hydrogens (tertiary/aromatic N) is 4. The molecule has 0 aliphatic carbocycles. The maximum absolute atomic E-state index is 13.1. The van der Waals surface area contributed by atoms with E-state index in [4.69, 9.17) is 5.73 Å². The van der Waals surface area contributed by atoms with Crippen LogP contribution in [0.5, 0.6) is 0 Å². The number of fused-ring (bicyclic) bond motifs is 1. The van der Waals surface area contributed by atoms with E-state index < -0.39 is 0 Å². The van der Waals surface area contributed by atoms with Crippen molar-refractivity contribution in [1.82, 2.24) is 14.6 Å². The van der Waals surface area contributed by atoms with Gasteiger partial charge in [-0.1, -0.05) is 0 Å². The molecule has 5 nitrogen and oxygen atoms in total. The second-order valence-electron chi connectivity index (χ2n) is 5.94. The number of piperidine rings is 1. The minimum atomic E-state index is -0.246. The maximum atomic E-state index is 13.1. The molecule has 0 amide bonds. The Hall–Kier alpha value is -2.47. The molecule has 23 heavy (non-hydrogen) atoms. The molecular formula is C17H18FN5. The Morgan fingerprint density at radius 3 is 2.61 bits per heavy atom. The summed E-state index contributed by atoms with van der Waals surface area (Å²) in [6.45, 7) is 1.82. The highest BCUT2D eigenvalue weighted by Crippen LogP contribution is 2.26. The largest absolute Gasteiger partial charge is 0.355 e. The second kappa shape index (κ2) is 5.62. The topological polar surface area (TPSA) is 59.5 Å². The van der Waals surface area contributed by atoms with Crippen LogP contribution in [0.15, 0.2) is 42.7 Å². The first kappa shape index (κ1) is 14.1. The van der Waals surface area contributed by atoms with Crippen LogP contribution < -0.4 is 10.6 Å². The standard InChI is InChI=1S/C17H18FN5/c18-13-3-1-12(2-4-13)15-11-16-17(20-7-10-23(16)21-15)22-8-5-14(19)6-9-22/h1-4,7,10-11,14H,5-6,8-9,19H2. The molecule has 4 rings (SSSR count). The third kappa shape index (κ3) is 2.66. The molecule has 6 heteroatoms. The molecule has 3 heterocycles. The Balaban J connectivity index is 1.74. The molecule has 0 unspecified atom stereocenters. The Bertz CT molecular complexity index is 819. The molecule has 1 aromatic carbocycles. The summed E-state index contributed by atoms with van der Waals surface area (Å²) >= 11 is 0. The minimum absolute atomic E-state index is 0.246. The molecule has 0 radical (unpaired) electrons. The molecule has 1 aliphatic rings. The molecule has 2 aromatic heterocycles. The van der Waals surface area contributed by atoms with Gasteiger partial charge in [-0.3, -0.25) is 0 Å². The van der Waals surface area contributed by atoms with Crippen molar-refractivity contribution in [3.63, 3.8) is 0 Å². The van der Waals surface area contributed by atoms with E-state index in [1.54, 1.807) is 18.3 Å². The quantitative estimate of drug-likeness (QED) is 0.790. The molecule has 1 fully saturated rings. The Morgan fingerprint density at radius 1 is 1.13 bits per heavy atom. The van der Waals surface area contributed by atoms with Crippen LogP contribution in [-0.2, 0) is 0 Å². The average molecular weight is 311 g/mol. The Kier molecular flexibility index (Phi) is 3.46. The molecule has 1 aliphatic heterocycles. The Morgan fingerprint density at radius 2 is 1.87 bits per heavy atom. The van der Waals surface area contributed by atoms with Crippen LogP contribution in [0, 0.1) is 5.82 Å². The van der Waals surface area contributed by atoms with Gasteiger partial charge in [0.15, 0.2) is 5.82 Å². The normalized spacial score (nSPS) is 16.2. The van der Waals surface area contributed by atoms with E-state index in [0.717, 1.165) is 48.5 Å². The molecule has 0 bridgehead atoms. The minimum Gasteiger partial charge on any atom is -0.355 e. The lowest BCUT2D eigenvalue weighted by Crippen LogP contribution is -2.40. The van der Waals surface area contributed by atoms with Crippen molar-refractivity contribution in [2.24, 2.45) is 5.73 Å². The monoisotopic (exact) mass is 311 g/mol. The van der Waals surface area contributed by atoms with Crippen LogP contribution in [0.2, 0.25) is 0 Å². The lowest BCUT2D eigenvalue weighted by molar-refractivity contribution is 0.499. The van der Waals surface area contributed by atoms with Crippen LogP contribution in [0.1, 0.15) is 12.8 Å². The van der Waals surface area contributed by atoms with Gasteiger partial charge in [0.2, 0.25) is 0 Å². The van der Waals surface area contributed by atoms with Crippen LogP contribution in [-0.4, -0.2) is 33.7 Å². The van der Waals surface area contributed by atoms with Gasteiger partial charge in [0.1, 0.15) is 11.3 Å². The van der Waals surface area contributed by atoms with Gasteiger partial charge in [0.05, 0.1) is 5.69 Å². The lowest BCUT2D eigenvalue weighted by Gasteiger charge is -2.31. The number of hydrogen-bond acceptors (Lipinski definition) is 4. The van der Waals surface area contributed by atoms with Crippen LogP contribution in [0.4, 0.5) is 10.2 Å². The highest BCUT2D eigenvalue weighted by atomic mass is 19.1. The first-order chi connectivity index (χ1) is 11.2. The maximum Gasteiger partial charge on any atom is 0.154 e. The Labute approximate surface area is 133 Å². The summed E-state index contributed by atoms with van der Waals surface area (Å²) in [5, 5.41) is 4.59. The molecule has 0 spiro atoms. The van der Waals surface area contributed by atoms with Crippen LogP contribution in [0.3, 0.4) is 0 Å². The van der Waals surface area contributed by atoms with Crippen LogP contribution >= 0.6 is 0 Å². The summed E-state index contributed by atoms with van der Waals surface area (Å²) in [5.74, 6) is 0.685. The van der Waals surface area contributed by atoms with Crippen molar-refractivity contribution < 1.29 is 4.39 Å². The van der Waals surface area contributed by atoms with E-state index >= 15 is 0 Å². The molecule has 118 valence electrons. The van der Waals surface area contributed by atoms with Crippen LogP contribution in [0.25, 0.3) is 16.8 Å². The van der Waals surface area contributed by atoms with Crippen molar-refractivity contribution in [1.29, 1.82) is 0 Å². The predicted octanol–water partition coefficient (Wildman–Crippen LogP) is 2.46. The zero-order chi connectivity index (χ0) is 15.8. The SMILES string of the molecule is NC1CCN(c2nccn3nc(-c4ccc(F)cc4)cc23)CC1. The fourth-order valence-corrected chi connectivity index (χ4v) is 3.02. The van der Waals surface area contributed by atoms with Crippen molar-refractivity contribution >= 4 is 11.3 Å². The van der Waals surface area contributed by atoms with Crippen molar-refractivity contribution in [2.45, 2.75) is 18.9 Å². The van der Waals surface area contributed by atoms with Crippen molar-refractivity contribution in [3.8, 4) is 11.3 Å². The van der Waals surface area contributed by atoms with Gasteiger partial charge in [0, 0.05) is 37.1 Å². The highest BCUT2D eigenvalue weighted by Gasteiger charge is 2.20. The van der Waals surface area contributed by atoms with Gasteiger partial charge in [-0.2, -0.15) is 5.10 Å². The van der Waals surface area contributed by atoms with Gasteiger partial charge >= 0.3 is 0 Å². The summed E-state index contributed by atoms with van der Waals surface area (Å²) in [5.41, 5.74) is 8.65. The van der Waals surface area contributed by atoms with E-state index in [0.29, 0.717) is 0 Å². The number of hydrogen-bond donors (Lipinski definition) is 1. The average Bonchev–Trinajstić information content (AvgIpc) is 3.00. The summed E-state index contributed by atoms with van der Waals surface area (Å²) in [6.07, 6.45) is 5.54. The third-order valence-electron chi connectivity index (χ3n) is 4.35. The first-order valence-corrected chi connectivity index (χ1v) is 7.81. The van der Waals surface area contributed by atoms with Crippen molar-refractivity contribution in [3.05, 3.63) is 48.5 Å². The van der Waals surface area contributed by atoms with Gasteiger partial charge in [-0.15, -0.1) is 0 Å². The number of halogens is 1. The molecule has 3 aromatic rings. The zero-order valence-corrected chi connectivity index (χ0v) is 12.7. The van der Waals surface area contributed by atoms with Gasteiger partial charge < -0.3 is 10.6 Å². The molecule has 0 saturated carbocycles. The lowest BCUT2D eigenvalue weighted by atomic mass is 10.1. The summed E-state index contributed by atoms with van der Waals surface area (Å²) in [4.78, 5) is 6.80. The summed E-state index contributed by atoms with van der Waals surface area (Å²) < 4.78 is 14.9. The third-order valence-corrected chi connectivity index (χ3v) is 4.35. The number of nitrogens with two attached hydrogens (primary N) is 1. The predicted molar refractivity (Wildman–Crippen MR) is 87.8 cm³/mol. The number of benzene rings is 1. The highest BCUT2D eigenvalue weighted by molar-refractivity contribution is 5.75. The van der Waals surface area contributed by atoms with Gasteiger partial charge in [-0.25, -0.2) is 13.9 Å². The van der Waals surface area contributed by atoms with E-state index in [-0.39, 0.29) is 11.9 Å². The molecule has 1 saturated heterocycles. The summed E-state index contributed by atoms with van der Waals surface area (Å²) in [6, 6.07) is 8.67. The smallest absolute Gasteiger partial charge is 0.154 e. The zero-order valence-electron chi connectivity index (χ0n) is 12.7. The molecular weight excluding hydrogens is 293 g/mol. The fourth-order valence-electron chi connectivity index (χ4n) is 3.02. The number of aromatic nitrogens is 3. The van der Waals surface area contributed by atoms with E-state index in [1.165, 1.54) is 12.1 Å². The number of anilines is 1.